The average Bonchev–Trinajstić information content (AvgIpc) is 3.38. The molecule has 33 heavy (non-hydrogen) atoms. The van der Waals surface area contributed by atoms with Crippen molar-refractivity contribution in [2.45, 2.75) is 31.7 Å². The zero-order valence-corrected chi connectivity index (χ0v) is 18.7. The molecule has 0 aromatic carbocycles. The summed E-state index contributed by atoms with van der Waals surface area (Å²) < 4.78 is 1.66. The molecule has 1 aliphatic heterocycles. The molecule has 2 fully saturated rings. The molecule has 170 valence electrons. The lowest BCUT2D eigenvalue weighted by molar-refractivity contribution is 0.0530. The van der Waals surface area contributed by atoms with Gasteiger partial charge in [0.1, 0.15) is 10.7 Å². The van der Waals surface area contributed by atoms with E-state index in [0.29, 0.717) is 48.1 Å². The predicted molar refractivity (Wildman–Crippen MR) is 122 cm³/mol. The number of carbonyl (C=O) groups is 2. The van der Waals surface area contributed by atoms with E-state index in [-0.39, 0.29) is 23.2 Å². The molecule has 10 heteroatoms. The van der Waals surface area contributed by atoms with Crippen LogP contribution in [0.3, 0.4) is 0 Å². The Kier molecular flexibility index (Phi) is 5.80. The first-order valence-electron chi connectivity index (χ1n) is 11.1. The van der Waals surface area contributed by atoms with Crippen molar-refractivity contribution in [1.29, 1.82) is 0 Å². The molecule has 0 radical (unpaired) electrons. The Balaban J connectivity index is 1.37. The maximum Gasteiger partial charge on any atom is 0.284 e. The Labute approximate surface area is 195 Å². The smallest absolute Gasteiger partial charge is 0.284 e. The van der Waals surface area contributed by atoms with Crippen molar-refractivity contribution in [1.82, 2.24) is 29.3 Å². The average molecular weight is 467 g/mol. The van der Waals surface area contributed by atoms with E-state index >= 15 is 0 Å². The zero-order chi connectivity index (χ0) is 22.9. The van der Waals surface area contributed by atoms with E-state index in [9.17, 15) is 14.4 Å². The van der Waals surface area contributed by atoms with E-state index in [4.69, 9.17) is 11.6 Å². The summed E-state index contributed by atoms with van der Waals surface area (Å²) in [5, 5.41) is 0.323. The molecular weight excluding hydrogens is 444 g/mol. The summed E-state index contributed by atoms with van der Waals surface area (Å²) in [5.41, 5.74) is 1.05. The van der Waals surface area contributed by atoms with Crippen molar-refractivity contribution in [3.05, 3.63) is 63.4 Å². The van der Waals surface area contributed by atoms with Gasteiger partial charge in [-0.05, 0) is 37.1 Å². The fraction of sp³-hybridized carbons (Fsp3) is 0.391. The highest BCUT2D eigenvalue weighted by molar-refractivity contribution is 6.29. The van der Waals surface area contributed by atoms with Crippen LogP contribution in [-0.2, 0) is 0 Å². The van der Waals surface area contributed by atoms with E-state index in [2.05, 4.69) is 15.0 Å². The fourth-order valence-corrected chi connectivity index (χ4v) is 4.74. The highest BCUT2D eigenvalue weighted by atomic mass is 35.5. The number of amides is 2. The summed E-state index contributed by atoms with van der Waals surface area (Å²) in [6.45, 7) is 1.36. The summed E-state index contributed by atoms with van der Waals surface area (Å²) in [5.74, 6) is -0.567. The van der Waals surface area contributed by atoms with Gasteiger partial charge in [-0.2, -0.15) is 0 Å². The minimum absolute atomic E-state index is 0.0342. The van der Waals surface area contributed by atoms with Gasteiger partial charge in [0.2, 0.25) is 0 Å². The number of hydrogen-bond acceptors (Lipinski definition) is 6. The summed E-state index contributed by atoms with van der Waals surface area (Å²) >= 11 is 5.80. The van der Waals surface area contributed by atoms with Crippen LogP contribution in [0.15, 0.2) is 41.5 Å². The molecule has 1 saturated heterocycles. The van der Waals surface area contributed by atoms with Crippen LogP contribution < -0.4 is 5.56 Å². The van der Waals surface area contributed by atoms with Crippen LogP contribution >= 0.6 is 11.6 Å². The third-order valence-electron chi connectivity index (χ3n) is 6.37. The Morgan fingerprint density at radius 2 is 1.64 bits per heavy atom. The van der Waals surface area contributed by atoms with Gasteiger partial charge in [0.25, 0.3) is 17.4 Å². The van der Waals surface area contributed by atoms with Gasteiger partial charge in [-0.1, -0.05) is 24.4 Å². The van der Waals surface area contributed by atoms with Crippen LogP contribution in [0.25, 0.3) is 11.2 Å². The molecule has 0 spiro atoms. The molecule has 0 unspecified atom stereocenters. The summed E-state index contributed by atoms with van der Waals surface area (Å²) in [7, 11) is 0. The van der Waals surface area contributed by atoms with Crippen LogP contribution in [0, 0.1) is 0 Å². The van der Waals surface area contributed by atoms with Crippen molar-refractivity contribution < 1.29 is 9.59 Å². The number of halogens is 1. The molecule has 9 nitrogen and oxygen atoms in total. The standard InChI is InChI=1S/C23H23ClN6O3/c24-18-8-7-15(14-26-18)21(31)28-10-12-29(13-11-28)22(32)19-23(33)30(16-4-1-2-5-16)20-17(27-19)6-3-9-25-20/h3,6-9,14,16H,1-2,4-5,10-13H2. The number of piperazine rings is 1. The molecule has 0 bridgehead atoms. The van der Waals surface area contributed by atoms with Gasteiger partial charge in [-0.15, -0.1) is 0 Å². The maximum atomic E-state index is 13.4. The third kappa shape index (κ3) is 4.08. The molecule has 1 saturated carbocycles. The Morgan fingerprint density at radius 1 is 0.939 bits per heavy atom. The molecule has 5 rings (SSSR count). The van der Waals surface area contributed by atoms with Crippen molar-refractivity contribution in [2.75, 3.05) is 26.2 Å². The van der Waals surface area contributed by atoms with E-state index in [1.807, 2.05) is 0 Å². The van der Waals surface area contributed by atoms with Gasteiger partial charge in [0.05, 0.1) is 5.56 Å². The second-order valence-electron chi connectivity index (χ2n) is 8.37. The van der Waals surface area contributed by atoms with Gasteiger partial charge >= 0.3 is 0 Å². The van der Waals surface area contributed by atoms with E-state index in [1.165, 1.54) is 6.20 Å². The first-order valence-corrected chi connectivity index (χ1v) is 11.5. The van der Waals surface area contributed by atoms with Crippen LogP contribution in [0.1, 0.15) is 52.6 Å². The summed E-state index contributed by atoms with van der Waals surface area (Å²) in [6.07, 6.45) is 6.98. The van der Waals surface area contributed by atoms with Crippen molar-refractivity contribution in [3.63, 3.8) is 0 Å². The van der Waals surface area contributed by atoms with Crippen LogP contribution in [0.2, 0.25) is 5.15 Å². The van der Waals surface area contributed by atoms with Gasteiger partial charge in [0.15, 0.2) is 11.3 Å². The molecule has 2 amide bonds. The van der Waals surface area contributed by atoms with Crippen molar-refractivity contribution in [2.24, 2.45) is 0 Å². The first-order chi connectivity index (χ1) is 16.0. The quantitative estimate of drug-likeness (QED) is 0.550. The highest BCUT2D eigenvalue weighted by Crippen LogP contribution is 2.30. The fourth-order valence-electron chi connectivity index (χ4n) is 4.63. The number of fused-ring (bicyclic) bond motifs is 1. The van der Waals surface area contributed by atoms with E-state index < -0.39 is 5.91 Å². The summed E-state index contributed by atoms with van der Waals surface area (Å²) in [6, 6.07) is 6.77. The lowest BCUT2D eigenvalue weighted by Crippen LogP contribution is -2.51. The van der Waals surface area contributed by atoms with Gasteiger partial charge in [-0.25, -0.2) is 15.0 Å². The lowest BCUT2D eigenvalue weighted by atomic mass is 10.2. The molecule has 1 aliphatic carbocycles. The van der Waals surface area contributed by atoms with Gasteiger partial charge < -0.3 is 9.80 Å². The molecule has 2 aliphatic rings. The van der Waals surface area contributed by atoms with E-state index in [0.717, 1.165) is 25.7 Å². The summed E-state index contributed by atoms with van der Waals surface area (Å²) in [4.78, 5) is 55.4. The monoisotopic (exact) mass is 466 g/mol. The molecule has 3 aromatic rings. The molecule has 0 N–H and O–H groups in total. The SMILES string of the molecule is O=C(c1ccc(Cl)nc1)N1CCN(C(=O)c2nc3cccnc3n(C3CCCC3)c2=O)CC1. The molecular formula is C23H23ClN6O3. The Hall–Kier alpha value is -3.33. The van der Waals surface area contributed by atoms with Crippen LogP contribution in [0.4, 0.5) is 0 Å². The zero-order valence-electron chi connectivity index (χ0n) is 18.0. The Bertz CT molecular complexity index is 1260. The number of aromatic nitrogens is 4. The number of rotatable bonds is 3. The van der Waals surface area contributed by atoms with Gasteiger partial charge in [0, 0.05) is 44.6 Å². The van der Waals surface area contributed by atoms with Crippen LogP contribution in [-0.4, -0.2) is 67.3 Å². The maximum absolute atomic E-state index is 13.4. The van der Waals surface area contributed by atoms with Crippen molar-refractivity contribution >= 4 is 34.6 Å². The number of carbonyl (C=O) groups excluding carboxylic acids is 2. The normalized spacial score (nSPS) is 17.0. The van der Waals surface area contributed by atoms with Gasteiger partial charge in [-0.3, -0.25) is 19.0 Å². The lowest BCUT2D eigenvalue weighted by Gasteiger charge is -2.34. The minimum atomic E-state index is -0.405. The predicted octanol–water partition coefficient (Wildman–Crippen LogP) is 2.55. The van der Waals surface area contributed by atoms with Crippen molar-refractivity contribution in [3.8, 4) is 0 Å². The molecule has 0 atom stereocenters. The second kappa shape index (κ2) is 8.90. The molecule has 3 aromatic heterocycles. The first kappa shape index (κ1) is 21.5. The van der Waals surface area contributed by atoms with E-state index in [1.54, 1.807) is 44.8 Å². The second-order valence-corrected chi connectivity index (χ2v) is 8.76. The number of pyridine rings is 2. The minimum Gasteiger partial charge on any atom is -0.335 e. The Morgan fingerprint density at radius 3 is 2.30 bits per heavy atom. The largest absolute Gasteiger partial charge is 0.335 e. The van der Waals surface area contributed by atoms with Crippen LogP contribution in [0.5, 0.6) is 0 Å². The number of nitrogens with zero attached hydrogens (tertiary/aromatic N) is 6. The third-order valence-corrected chi connectivity index (χ3v) is 6.59. The number of hydrogen-bond donors (Lipinski definition) is 0. The highest BCUT2D eigenvalue weighted by Gasteiger charge is 2.30. The topological polar surface area (TPSA) is 101 Å². The molecule has 4 heterocycles.